The molecule has 0 aliphatic carbocycles. The molecule has 0 saturated heterocycles. The smallest absolute Gasteiger partial charge is 0.220 e. The van der Waals surface area contributed by atoms with Crippen molar-refractivity contribution in [1.29, 1.82) is 0 Å². The second kappa shape index (κ2) is 4.76. The number of nitrogen functional groups attached to an aromatic ring is 1. The number of hydrogen-bond donors (Lipinski definition) is 1. The van der Waals surface area contributed by atoms with Gasteiger partial charge in [0.15, 0.2) is 5.15 Å². The number of nitrogens with zero attached hydrogens (tertiary/aromatic N) is 4. The minimum atomic E-state index is 0.258. The lowest BCUT2D eigenvalue weighted by molar-refractivity contribution is 0.623. The van der Waals surface area contributed by atoms with Crippen LogP contribution in [0, 0.1) is 0 Å². The summed E-state index contributed by atoms with van der Waals surface area (Å²) in [7, 11) is 0. The van der Waals surface area contributed by atoms with E-state index in [1.54, 1.807) is 12.4 Å². The first-order chi connectivity index (χ1) is 9.58. The summed E-state index contributed by atoms with van der Waals surface area (Å²) in [4.78, 5) is 12.4. The molecule has 0 spiro atoms. The van der Waals surface area contributed by atoms with Crippen LogP contribution in [0.3, 0.4) is 0 Å². The zero-order chi connectivity index (χ0) is 14.3. The predicted octanol–water partition coefficient (Wildman–Crippen LogP) is 3.31. The van der Waals surface area contributed by atoms with Gasteiger partial charge in [-0.05, 0) is 26.0 Å². The first-order valence-electron chi connectivity index (χ1n) is 6.32. The molecule has 0 amide bonds. The summed E-state index contributed by atoms with van der Waals surface area (Å²) in [5.74, 6) is 0.258. The monoisotopic (exact) mass is 287 g/mol. The topological polar surface area (TPSA) is 69.6 Å². The van der Waals surface area contributed by atoms with Crippen LogP contribution in [-0.2, 0) is 0 Å². The van der Waals surface area contributed by atoms with Crippen LogP contribution in [0.15, 0.2) is 30.7 Å². The van der Waals surface area contributed by atoms with Gasteiger partial charge >= 0.3 is 0 Å². The van der Waals surface area contributed by atoms with Gasteiger partial charge < -0.3 is 10.3 Å². The van der Waals surface area contributed by atoms with Crippen LogP contribution in [-0.4, -0.2) is 19.5 Å². The first kappa shape index (κ1) is 12.9. The van der Waals surface area contributed by atoms with Crippen LogP contribution < -0.4 is 5.73 Å². The molecule has 3 aromatic rings. The molecule has 102 valence electrons. The van der Waals surface area contributed by atoms with E-state index in [0.29, 0.717) is 5.15 Å². The lowest BCUT2D eigenvalue weighted by Gasteiger charge is -2.09. The summed E-state index contributed by atoms with van der Waals surface area (Å²) < 4.78 is 2.10. The van der Waals surface area contributed by atoms with E-state index < -0.39 is 0 Å². The number of hydrogen-bond acceptors (Lipinski definition) is 4. The van der Waals surface area contributed by atoms with E-state index in [0.717, 1.165) is 22.2 Å². The second-order valence-corrected chi connectivity index (χ2v) is 5.20. The zero-order valence-corrected chi connectivity index (χ0v) is 12.0. The Bertz CT molecular complexity index is 778. The highest BCUT2D eigenvalue weighted by Gasteiger charge is 2.16. The van der Waals surface area contributed by atoms with Crippen molar-refractivity contribution in [3.8, 4) is 11.3 Å². The van der Waals surface area contributed by atoms with Gasteiger partial charge in [0.25, 0.3) is 0 Å². The van der Waals surface area contributed by atoms with Crippen molar-refractivity contribution in [2.75, 3.05) is 5.73 Å². The number of nitrogens with two attached hydrogens (primary N) is 1. The van der Waals surface area contributed by atoms with Crippen molar-refractivity contribution < 1.29 is 0 Å². The van der Waals surface area contributed by atoms with Crippen LogP contribution >= 0.6 is 11.6 Å². The fraction of sp³-hybridized carbons (Fsp3) is 0.214. The summed E-state index contributed by atoms with van der Waals surface area (Å²) in [6, 6.07) is 4.05. The van der Waals surface area contributed by atoms with Crippen molar-refractivity contribution in [3.05, 3.63) is 35.9 Å². The molecule has 3 heterocycles. The first-order valence-corrected chi connectivity index (χ1v) is 6.69. The van der Waals surface area contributed by atoms with E-state index in [1.165, 1.54) is 0 Å². The second-order valence-electron chi connectivity index (χ2n) is 4.84. The van der Waals surface area contributed by atoms with E-state index in [2.05, 4.69) is 33.4 Å². The van der Waals surface area contributed by atoms with Crippen molar-refractivity contribution in [3.63, 3.8) is 0 Å². The van der Waals surface area contributed by atoms with Crippen LogP contribution in [0.2, 0.25) is 5.15 Å². The molecule has 2 N–H and O–H groups in total. The van der Waals surface area contributed by atoms with Crippen LogP contribution in [0.25, 0.3) is 22.2 Å². The zero-order valence-electron chi connectivity index (χ0n) is 11.2. The fourth-order valence-corrected chi connectivity index (χ4v) is 2.56. The number of rotatable bonds is 2. The normalized spacial score (nSPS) is 11.4. The van der Waals surface area contributed by atoms with Crippen molar-refractivity contribution >= 4 is 28.5 Å². The average molecular weight is 288 g/mol. The number of halogens is 1. The molecule has 3 aromatic heterocycles. The Balaban J connectivity index is 2.35. The van der Waals surface area contributed by atoms with Gasteiger partial charge in [-0.25, -0.2) is 15.0 Å². The largest absolute Gasteiger partial charge is 0.368 e. The summed E-state index contributed by atoms with van der Waals surface area (Å²) in [6.45, 7) is 4.20. The van der Waals surface area contributed by atoms with Gasteiger partial charge in [0.1, 0.15) is 0 Å². The number of pyridine rings is 1. The molecular formula is C14H14ClN5. The summed E-state index contributed by atoms with van der Waals surface area (Å²) in [6.07, 6.45) is 5.38. The Labute approximate surface area is 121 Å². The molecule has 0 aliphatic rings. The maximum Gasteiger partial charge on any atom is 0.220 e. The van der Waals surface area contributed by atoms with Gasteiger partial charge in [0.2, 0.25) is 5.95 Å². The minimum absolute atomic E-state index is 0.258. The Morgan fingerprint density at radius 2 is 1.95 bits per heavy atom. The molecule has 0 atom stereocenters. The molecule has 0 unspecified atom stereocenters. The van der Waals surface area contributed by atoms with Gasteiger partial charge in [-0.3, -0.25) is 0 Å². The fourth-order valence-electron chi connectivity index (χ4n) is 2.30. The molecule has 0 fully saturated rings. The molecule has 5 nitrogen and oxygen atoms in total. The van der Waals surface area contributed by atoms with Gasteiger partial charge in [0.05, 0.1) is 11.2 Å². The molecule has 0 aromatic carbocycles. The van der Waals surface area contributed by atoms with E-state index >= 15 is 0 Å². The minimum Gasteiger partial charge on any atom is -0.368 e. The highest BCUT2D eigenvalue weighted by atomic mass is 35.5. The third-order valence-corrected chi connectivity index (χ3v) is 3.48. The Morgan fingerprint density at radius 3 is 2.65 bits per heavy atom. The van der Waals surface area contributed by atoms with E-state index in [-0.39, 0.29) is 12.0 Å². The number of fused-ring (bicyclic) bond motifs is 1. The van der Waals surface area contributed by atoms with Gasteiger partial charge in [-0.1, -0.05) is 11.6 Å². The quantitative estimate of drug-likeness (QED) is 0.734. The molecule has 3 rings (SSSR count). The van der Waals surface area contributed by atoms with Crippen molar-refractivity contribution in [1.82, 2.24) is 19.5 Å². The van der Waals surface area contributed by atoms with Crippen molar-refractivity contribution in [2.24, 2.45) is 0 Å². The molecule has 0 saturated carbocycles. The predicted molar refractivity (Wildman–Crippen MR) is 80.6 cm³/mol. The average Bonchev–Trinajstić information content (AvgIpc) is 2.80. The lowest BCUT2D eigenvalue weighted by atomic mass is 10.1. The van der Waals surface area contributed by atoms with Gasteiger partial charge in [0, 0.05) is 35.6 Å². The highest BCUT2D eigenvalue weighted by Crippen LogP contribution is 2.34. The van der Waals surface area contributed by atoms with E-state index in [9.17, 15) is 0 Å². The van der Waals surface area contributed by atoms with E-state index in [1.807, 2.05) is 18.3 Å². The molecule has 0 bridgehead atoms. The molecule has 6 heteroatoms. The third kappa shape index (κ3) is 2.00. The summed E-state index contributed by atoms with van der Waals surface area (Å²) in [5, 5.41) is 1.50. The van der Waals surface area contributed by atoms with Crippen LogP contribution in [0.1, 0.15) is 19.9 Å². The number of aromatic nitrogens is 4. The SMILES string of the molecule is CC(C)n1cc(-c2ccnc(N)n2)c2ccnc(Cl)c21. The molecule has 0 radical (unpaired) electrons. The van der Waals surface area contributed by atoms with E-state index in [4.69, 9.17) is 17.3 Å². The van der Waals surface area contributed by atoms with Crippen LogP contribution in [0.4, 0.5) is 5.95 Å². The Kier molecular flexibility index (Phi) is 3.06. The van der Waals surface area contributed by atoms with Gasteiger partial charge in [-0.2, -0.15) is 0 Å². The highest BCUT2D eigenvalue weighted by molar-refractivity contribution is 6.34. The summed E-state index contributed by atoms with van der Waals surface area (Å²) in [5.41, 5.74) is 8.34. The Morgan fingerprint density at radius 1 is 1.20 bits per heavy atom. The Hall–Kier alpha value is -2.14. The maximum absolute atomic E-state index is 6.25. The maximum atomic E-state index is 6.25. The molecule has 0 aliphatic heterocycles. The standard InChI is InChI=1S/C14H14ClN5/c1-8(2)20-7-10(11-4-6-18-14(16)19-11)9-3-5-17-13(15)12(9)20/h3-8H,1-2H3,(H2,16,18,19). The third-order valence-electron chi connectivity index (χ3n) is 3.20. The van der Waals surface area contributed by atoms with Crippen molar-refractivity contribution in [2.45, 2.75) is 19.9 Å². The van der Waals surface area contributed by atoms with Gasteiger partial charge in [-0.15, -0.1) is 0 Å². The number of anilines is 1. The summed E-state index contributed by atoms with van der Waals surface area (Å²) >= 11 is 6.25. The van der Waals surface area contributed by atoms with Crippen LogP contribution in [0.5, 0.6) is 0 Å². The molecule has 20 heavy (non-hydrogen) atoms. The molecular weight excluding hydrogens is 274 g/mol. The lowest BCUT2D eigenvalue weighted by Crippen LogP contribution is -1.99.